The van der Waals surface area contributed by atoms with E-state index in [0.29, 0.717) is 11.8 Å². The SMILES string of the molecule is CC1=CC=C(N(c2ccc(C)cc2C)c2cc3c(c4ccccc24)-c2cc4c(cc2C3(C)C)C2CCCC=C2C4(C)C)C(C)C1. The average molecular weight is 590 g/mol. The molecule has 8 rings (SSSR count). The summed E-state index contributed by atoms with van der Waals surface area (Å²) in [5, 5.41) is 2.70. The van der Waals surface area contributed by atoms with Crippen molar-refractivity contribution in [3.8, 4) is 11.1 Å². The van der Waals surface area contributed by atoms with E-state index in [-0.39, 0.29) is 10.8 Å². The number of allylic oxidation sites excluding steroid dienone is 6. The van der Waals surface area contributed by atoms with E-state index in [9.17, 15) is 0 Å². The Kier molecular flexibility index (Phi) is 6.25. The summed E-state index contributed by atoms with van der Waals surface area (Å²) in [5.41, 5.74) is 18.7. The quantitative estimate of drug-likeness (QED) is 0.215. The van der Waals surface area contributed by atoms with Crippen LogP contribution in [0.3, 0.4) is 0 Å². The summed E-state index contributed by atoms with van der Waals surface area (Å²) in [4.78, 5) is 2.60. The normalized spacial score (nSPS) is 22.2. The predicted octanol–water partition coefficient (Wildman–Crippen LogP) is 12.3. The third-order valence-corrected chi connectivity index (χ3v) is 11.8. The average Bonchev–Trinajstić information content (AvgIpc) is 3.37. The smallest absolute Gasteiger partial charge is 0.0540 e. The van der Waals surface area contributed by atoms with Crippen molar-refractivity contribution in [3.05, 3.63) is 129 Å². The summed E-state index contributed by atoms with van der Waals surface area (Å²) in [6.07, 6.45) is 12.2. The van der Waals surface area contributed by atoms with Gasteiger partial charge in [-0.25, -0.2) is 0 Å². The van der Waals surface area contributed by atoms with Crippen LogP contribution in [0.1, 0.15) is 107 Å². The molecule has 1 nitrogen and oxygen atoms in total. The molecular formula is C44H47N. The molecule has 4 aromatic rings. The van der Waals surface area contributed by atoms with Crippen LogP contribution in [-0.2, 0) is 10.8 Å². The minimum Gasteiger partial charge on any atom is -0.313 e. The number of benzene rings is 4. The standard InChI is InChI=1S/C44H47N/c1-26-17-19-39(28(3)21-26)45(40-20-18-27(2)22-29(40)4)41-25-38-42(32-15-10-9-14-31(32)41)34-24-36-33(23-37(34)44(38,7)8)30-13-11-12-16-35(30)43(36,5)6/h9-10,14-21,23-25,29-30H,11-13,22H2,1-8H3. The highest BCUT2D eigenvalue weighted by Gasteiger charge is 2.46. The number of hydrogen-bond donors (Lipinski definition) is 0. The Labute approximate surface area is 270 Å². The summed E-state index contributed by atoms with van der Waals surface area (Å²) in [7, 11) is 0. The first kappa shape index (κ1) is 28.6. The van der Waals surface area contributed by atoms with Gasteiger partial charge in [0.15, 0.2) is 0 Å². The zero-order chi connectivity index (χ0) is 31.4. The second-order valence-corrected chi connectivity index (χ2v) is 15.6. The highest BCUT2D eigenvalue weighted by Crippen LogP contribution is 2.60. The minimum atomic E-state index is -0.0964. The summed E-state index contributed by atoms with van der Waals surface area (Å²) in [5.74, 6) is 1.01. The molecule has 0 N–H and O–H groups in total. The van der Waals surface area contributed by atoms with Crippen LogP contribution in [-0.4, -0.2) is 0 Å². The van der Waals surface area contributed by atoms with Crippen molar-refractivity contribution in [1.29, 1.82) is 0 Å². The topological polar surface area (TPSA) is 3.24 Å². The van der Waals surface area contributed by atoms with Gasteiger partial charge in [0.05, 0.1) is 5.69 Å². The zero-order valence-electron chi connectivity index (χ0n) is 28.4. The van der Waals surface area contributed by atoms with Crippen molar-refractivity contribution in [3.63, 3.8) is 0 Å². The molecule has 0 heterocycles. The lowest BCUT2D eigenvalue weighted by Gasteiger charge is -2.36. The van der Waals surface area contributed by atoms with E-state index >= 15 is 0 Å². The summed E-state index contributed by atoms with van der Waals surface area (Å²) in [6, 6.07) is 24.0. The predicted molar refractivity (Wildman–Crippen MR) is 193 cm³/mol. The van der Waals surface area contributed by atoms with Crippen LogP contribution in [0.5, 0.6) is 0 Å². The first-order chi connectivity index (χ1) is 21.5. The molecule has 0 saturated carbocycles. The van der Waals surface area contributed by atoms with Crippen LogP contribution < -0.4 is 4.90 Å². The van der Waals surface area contributed by atoms with E-state index in [1.807, 2.05) is 0 Å². The molecule has 2 unspecified atom stereocenters. The van der Waals surface area contributed by atoms with Crippen LogP contribution in [0.25, 0.3) is 21.9 Å². The Morgan fingerprint density at radius 3 is 2.29 bits per heavy atom. The van der Waals surface area contributed by atoms with Crippen molar-refractivity contribution in [2.45, 2.75) is 97.8 Å². The summed E-state index contributed by atoms with van der Waals surface area (Å²) in [6.45, 7) is 19.0. The molecule has 1 heteroatoms. The van der Waals surface area contributed by atoms with Crippen LogP contribution in [0.15, 0.2) is 95.7 Å². The monoisotopic (exact) mass is 589 g/mol. The fourth-order valence-corrected chi connectivity index (χ4v) is 9.49. The maximum Gasteiger partial charge on any atom is 0.0540 e. The number of rotatable bonds is 3. The van der Waals surface area contributed by atoms with Crippen molar-refractivity contribution in [1.82, 2.24) is 0 Å². The van der Waals surface area contributed by atoms with Crippen LogP contribution >= 0.6 is 0 Å². The van der Waals surface area contributed by atoms with Gasteiger partial charge in [0, 0.05) is 39.4 Å². The van der Waals surface area contributed by atoms with E-state index in [0.717, 1.165) is 6.42 Å². The number of hydrogen-bond acceptors (Lipinski definition) is 1. The highest BCUT2D eigenvalue weighted by molar-refractivity contribution is 6.09. The second-order valence-electron chi connectivity index (χ2n) is 15.6. The van der Waals surface area contributed by atoms with E-state index < -0.39 is 0 Å². The maximum absolute atomic E-state index is 2.64. The van der Waals surface area contributed by atoms with Gasteiger partial charge >= 0.3 is 0 Å². The zero-order valence-corrected chi connectivity index (χ0v) is 28.4. The van der Waals surface area contributed by atoms with Crippen LogP contribution in [0.2, 0.25) is 0 Å². The second kappa shape index (κ2) is 9.83. The van der Waals surface area contributed by atoms with Gasteiger partial charge in [-0.2, -0.15) is 0 Å². The van der Waals surface area contributed by atoms with E-state index in [4.69, 9.17) is 0 Å². The molecule has 4 aromatic carbocycles. The molecule has 4 aliphatic carbocycles. The number of anilines is 2. The lowest BCUT2D eigenvalue weighted by Crippen LogP contribution is -2.25. The van der Waals surface area contributed by atoms with Gasteiger partial charge in [-0.1, -0.05) is 106 Å². The van der Waals surface area contributed by atoms with E-state index in [1.54, 1.807) is 16.7 Å². The molecule has 2 atom stereocenters. The molecule has 0 spiro atoms. The third-order valence-electron chi connectivity index (χ3n) is 11.8. The van der Waals surface area contributed by atoms with Crippen molar-refractivity contribution in [2.24, 2.45) is 5.92 Å². The Morgan fingerprint density at radius 2 is 1.53 bits per heavy atom. The molecule has 0 radical (unpaired) electrons. The van der Waals surface area contributed by atoms with Crippen molar-refractivity contribution >= 4 is 22.1 Å². The minimum absolute atomic E-state index is 0.0904. The number of fused-ring (bicyclic) bond motifs is 8. The Hall–Kier alpha value is -3.84. The molecule has 0 amide bonds. The van der Waals surface area contributed by atoms with Gasteiger partial charge in [0.25, 0.3) is 0 Å². The molecule has 0 bridgehead atoms. The Morgan fingerprint density at radius 1 is 0.756 bits per heavy atom. The molecular weight excluding hydrogens is 542 g/mol. The first-order valence-electron chi connectivity index (χ1n) is 17.2. The highest BCUT2D eigenvalue weighted by atomic mass is 15.2. The Bertz CT molecular complexity index is 2010. The number of aryl methyl sites for hydroxylation is 2. The first-order valence-corrected chi connectivity index (χ1v) is 17.2. The molecule has 4 aliphatic rings. The lowest BCUT2D eigenvalue weighted by molar-refractivity contribution is 0.555. The van der Waals surface area contributed by atoms with E-state index in [1.165, 1.54) is 86.1 Å². The van der Waals surface area contributed by atoms with Gasteiger partial charge in [-0.05, 0) is 115 Å². The summed E-state index contributed by atoms with van der Waals surface area (Å²) >= 11 is 0. The van der Waals surface area contributed by atoms with Gasteiger partial charge in [0.2, 0.25) is 0 Å². The third kappa shape index (κ3) is 4.05. The molecule has 0 aromatic heterocycles. The largest absolute Gasteiger partial charge is 0.313 e. The van der Waals surface area contributed by atoms with Crippen molar-refractivity contribution < 1.29 is 0 Å². The van der Waals surface area contributed by atoms with Crippen LogP contribution in [0, 0.1) is 19.8 Å². The van der Waals surface area contributed by atoms with Gasteiger partial charge in [-0.15, -0.1) is 0 Å². The lowest BCUT2D eigenvalue weighted by atomic mass is 9.77. The Balaban J connectivity index is 1.41. The van der Waals surface area contributed by atoms with Gasteiger partial charge < -0.3 is 4.90 Å². The molecule has 228 valence electrons. The molecule has 0 saturated heterocycles. The summed E-state index contributed by atoms with van der Waals surface area (Å²) < 4.78 is 0. The molecule has 45 heavy (non-hydrogen) atoms. The van der Waals surface area contributed by atoms with Gasteiger partial charge in [-0.3, -0.25) is 0 Å². The fourth-order valence-electron chi connectivity index (χ4n) is 9.49. The van der Waals surface area contributed by atoms with E-state index in [2.05, 4.69) is 139 Å². The molecule has 0 aliphatic heterocycles. The van der Waals surface area contributed by atoms with Crippen LogP contribution in [0.4, 0.5) is 11.4 Å². The molecule has 0 fully saturated rings. The van der Waals surface area contributed by atoms with Crippen molar-refractivity contribution in [2.75, 3.05) is 4.90 Å². The van der Waals surface area contributed by atoms with Gasteiger partial charge in [0.1, 0.15) is 0 Å². The maximum atomic E-state index is 2.64. The number of nitrogens with zero attached hydrogens (tertiary/aromatic N) is 1. The fraction of sp³-hybridized carbons (Fsp3) is 0.364.